The standard InChI is InChI=1S/C25H29FN6O2/c26-20-8-4-7-19(13-20)24-16-32-23(17-34-24)22(29-30-32)15-31-11-9-21(10-12-31)28-25(33)27-14-18-5-2-1-3-6-18/h1-8,13,21,24H,9-12,14-17H2,(H2,27,28,33)/t24-/m0/s1. The minimum atomic E-state index is -0.266. The molecule has 0 bridgehead atoms. The summed E-state index contributed by atoms with van der Waals surface area (Å²) >= 11 is 0. The van der Waals surface area contributed by atoms with Crippen LogP contribution < -0.4 is 10.6 Å². The Morgan fingerprint density at radius 3 is 2.74 bits per heavy atom. The highest BCUT2D eigenvalue weighted by atomic mass is 19.1. The van der Waals surface area contributed by atoms with Gasteiger partial charge in [-0.25, -0.2) is 13.9 Å². The number of amides is 2. The third kappa shape index (κ3) is 5.43. The van der Waals surface area contributed by atoms with E-state index in [2.05, 4.69) is 25.8 Å². The van der Waals surface area contributed by atoms with Gasteiger partial charge in [-0.1, -0.05) is 47.7 Å². The number of carbonyl (C=O) groups is 1. The Labute approximate surface area is 198 Å². The summed E-state index contributed by atoms with van der Waals surface area (Å²) in [5, 5.41) is 14.7. The van der Waals surface area contributed by atoms with Crippen LogP contribution in [0.25, 0.3) is 0 Å². The van der Waals surface area contributed by atoms with Crippen molar-refractivity contribution < 1.29 is 13.9 Å². The summed E-state index contributed by atoms with van der Waals surface area (Å²) in [6.45, 7) is 3.91. The van der Waals surface area contributed by atoms with E-state index in [9.17, 15) is 9.18 Å². The Kier molecular flexibility index (Phi) is 6.82. The van der Waals surface area contributed by atoms with Crippen molar-refractivity contribution >= 4 is 6.03 Å². The third-order valence-electron chi connectivity index (χ3n) is 6.49. The Bertz CT molecular complexity index is 1110. The van der Waals surface area contributed by atoms with E-state index in [4.69, 9.17) is 4.74 Å². The van der Waals surface area contributed by atoms with Crippen molar-refractivity contribution in [1.29, 1.82) is 0 Å². The molecule has 1 atom stereocenters. The Morgan fingerprint density at radius 1 is 1.12 bits per heavy atom. The van der Waals surface area contributed by atoms with E-state index < -0.39 is 0 Å². The SMILES string of the molecule is O=C(NCc1ccccc1)NC1CCN(Cc2nnn3c2CO[C@H](c2cccc(F)c2)C3)CC1. The van der Waals surface area contributed by atoms with Crippen molar-refractivity contribution in [2.24, 2.45) is 0 Å². The molecule has 178 valence electrons. The fourth-order valence-electron chi connectivity index (χ4n) is 4.56. The van der Waals surface area contributed by atoms with Crippen molar-refractivity contribution in [2.75, 3.05) is 13.1 Å². The number of aromatic nitrogens is 3. The molecule has 0 unspecified atom stereocenters. The second kappa shape index (κ2) is 10.3. The highest BCUT2D eigenvalue weighted by Crippen LogP contribution is 2.28. The van der Waals surface area contributed by atoms with Crippen molar-refractivity contribution in [3.63, 3.8) is 0 Å². The lowest BCUT2D eigenvalue weighted by Crippen LogP contribution is -2.47. The molecule has 2 aromatic carbocycles. The summed E-state index contributed by atoms with van der Waals surface area (Å²) in [7, 11) is 0. The first-order chi connectivity index (χ1) is 16.6. The van der Waals surface area contributed by atoms with Gasteiger partial charge in [0.2, 0.25) is 0 Å². The maximum Gasteiger partial charge on any atom is 0.315 e. The summed E-state index contributed by atoms with van der Waals surface area (Å²) in [5.41, 5.74) is 3.79. The molecule has 8 nitrogen and oxygen atoms in total. The maximum atomic E-state index is 13.6. The Hall–Kier alpha value is -3.30. The predicted molar refractivity (Wildman–Crippen MR) is 124 cm³/mol. The van der Waals surface area contributed by atoms with Gasteiger partial charge in [0.05, 0.1) is 18.8 Å². The first-order valence-corrected chi connectivity index (χ1v) is 11.7. The monoisotopic (exact) mass is 464 g/mol. The van der Waals surface area contributed by atoms with Gasteiger partial charge in [-0.15, -0.1) is 5.10 Å². The van der Waals surface area contributed by atoms with Gasteiger partial charge in [-0.05, 0) is 36.1 Å². The Morgan fingerprint density at radius 2 is 1.94 bits per heavy atom. The quantitative estimate of drug-likeness (QED) is 0.586. The molecule has 3 aromatic rings. The number of hydrogen-bond donors (Lipinski definition) is 2. The van der Waals surface area contributed by atoms with Crippen LogP contribution in [-0.2, 0) is 31.0 Å². The zero-order chi connectivity index (χ0) is 23.3. The predicted octanol–water partition coefficient (Wildman–Crippen LogP) is 3.15. The molecule has 1 aromatic heterocycles. The number of nitrogens with zero attached hydrogens (tertiary/aromatic N) is 4. The lowest BCUT2D eigenvalue weighted by Gasteiger charge is -2.32. The van der Waals surface area contributed by atoms with Crippen LogP contribution in [0.2, 0.25) is 0 Å². The van der Waals surface area contributed by atoms with E-state index in [0.717, 1.165) is 48.4 Å². The van der Waals surface area contributed by atoms with Crippen LogP contribution >= 0.6 is 0 Å². The zero-order valence-corrected chi connectivity index (χ0v) is 19.0. The first kappa shape index (κ1) is 22.5. The minimum absolute atomic E-state index is 0.125. The van der Waals surface area contributed by atoms with Gasteiger partial charge in [-0.2, -0.15) is 0 Å². The lowest BCUT2D eigenvalue weighted by atomic mass is 10.0. The van der Waals surface area contributed by atoms with E-state index in [1.54, 1.807) is 6.07 Å². The molecule has 34 heavy (non-hydrogen) atoms. The van der Waals surface area contributed by atoms with Gasteiger partial charge >= 0.3 is 6.03 Å². The van der Waals surface area contributed by atoms with Crippen LogP contribution in [0.1, 0.15) is 41.5 Å². The van der Waals surface area contributed by atoms with E-state index in [0.29, 0.717) is 26.2 Å². The molecule has 3 heterocycles. The molecule has 2 amide bonds. The number of fused-ring (bicyclic) bond motifs is 1. The van der Waals surface area contributed by atoms with Gasteiger partial charge in [0, 0.05) is 32.2 Å². The smallest absolute Gasteiger partial charge is 0.315 e. The fraction of sp³-hybridized carbons (Fsp3) is 0.400. The number of ether oxygens (including phenoxy) is 1. The number of carbonyl (C=O) groups excluding carboxylic acids is 1. The number of hydrogen-bond acceptors (Lipinski definition) is 5. The van der Waals surface area contributed by atoms with E-state index in [1.807, 2.05) is 41.1 Å². The molecule has 1 saturated heterocycles. The number of likely N-dealkylation sites (tertiary alicyclic amines) is 1. The van der Waals surface area contributed by atoms with Crippen LogP contribution in [0, 0.1) is 5.82 Å². The molecule has 2 aliphatic heterocycles. The van der Waals surface area contributed by atoms with Crippen molar-refractivity contribution in [3.8, 4) is 0 Å². The van der Waals surface area contributed by atoms with Gasteiger partial charge in [0.15, 0.2) is 0 Å². The summed E-state index contributed by atoms with van der Waals surface area (Å²) < 4.78 is 21.5. The molecule has 9 heteroatoms. The van der Waals surface area contributed by atoms with Crippen LogP contribution in [0.3, 0.4) is 0 Å². The lowest BCUT2D eigenvalue weighted by molar-refractivity contribution is -0.00232. The molecular formula is C25H29FN6O2. The van der Waals surface area contributed by atoms with E-state index in [1.165, 1.54) is 12.1 Å². The molecular weight excluding hydrogens is 435 g/mol. The third-order valence-corrected chi connectivity index (χ3v) is 6.49. The normalized spacial score (nSPS) is 18.9. The second-order valence-electron chi connectivity index (χ2n) is 8.88. The molecule has 0 saturated carbocycles. The highest BCUT2D eigenvalue weighted by Gasteiger charge is 2.27. The fourth-order valence-corrected chi connectivity index (χ4v) is 4.56. The van der Waals surface area contributed by atoms with Crippen molar-refractivity contribution in [2.45, 2.75) is 51.2 Å². The number of piperidine rings is 1. The summed E-state index contributed by atoms with van der Waals surface area (Å²) in [6.07, 6.45) is 1.55. The van der Waals surface area contributed by atoms with E-state index in [-0.39, 0.29) is 24.0 Å². The maximum absolute atomic E-state index is 13.6. The van der Waals surface area contributed by atoms with Gasteiger partial charge < -0.3 is 15.4 Å². The number of nitrogens with one attached hydrogen (secondary N) is 2. The van der Waals surface area contributed by atoms with Gasteiger partial charge in [0.1, 0.15) is 17.6 Å². The molecule has 2 N–H and O–H groups in total. The molecule has 0 radical (unpaired) electrons. The number of urea groups is 1. The molecule has 1 fully saturated rings. The summed E-state index contributed by atoms with van der Waals surface area (Å²) in [6, 6.07) is 16.4. The first-order valence-electron chi connectivity index (χ1n) is 11.7. The molecule has 0 aliphatic carbocycles. The van der Waals surface area contributed by atoms with Crippen LogP contribution in [0.5, 0.6) is 0 Å². The number of halogens is 1. The average molecular weight is 465 g/mol. The number of rotatable bonds is 6. The van der Waals surface area contributed by atoms with Crippen molar-refractivity contribution in [3.05, 3.63) is 82.9 Å². The summed E-state index contributed by atoms with van der Waals surface area (Å²) in [5.74, 6) is -0.266. The average Bonchev–Trinajstić information content (AvgIpc) is 3.26. The number of benzene rings is 2. The van der Waals surface area contributed by atoms with Crippen molar-refractivity contribution in [1.82, 2.24) is 30.5 Å². The largest absolute Gasteiger partial charge is 0.365 e. The topological polar surface area (TPSA) is 84.3 Å². The van der Waals surface area contributed by atoms with Crippen LogP contribution in [0.4, 0.5) is 9.18 Å². The molecule has 0 spiro atoms. The summed E-state index contributed by atoms with van der Waals surface area (Å²) in [4.78, 5) is 14.6. The molecule has 2 aliphatic rings. The van der Waals surface area contributed by atoms with Crippen LogP contribution in [0.15, 0.2) is 54.6 Å². The Balaban J connectivity index is 1.08. The van der Waals surface area contributed by atoms with Gasteiger partial charge in [-0.3, -0.25) is 4.90 Å². The van der Waals surface area contributed by atoms with Gasteiger partial charge in [0.25, 0.3) is 0 Å². The zero-order valence-electron chi connectivity index (χ0n) is 19.0. The van der Waals surface area contributed by atoms with E-state index >= 15 is 0 Å². The molecule has 5 rings (SSSR count). The minimum Gasteiger partial charge on any atom is -0.365 e. The van der Waals surface area contributed by atoms with Crippen LogP contribution in [-0.4, -0.2) is 45.1 Å². The highest BCUT2D eigenvalue weighted by molar-refractivity contribution is 5.74. The second-order valence-corrected chi connectivity index (χ2v) is 8.88.